The molecule has 2 amide bonds. The minimum absolute atomic E-state index is 0.0516. The van der Waals surface area contributed by atoms with E-state index in [1.165, 1.54) is 6.07 Å². The van der Waals surface area contributed by atoms with Gasteiger partial charge in [-0.15, -0.1) is 0 Å². The van der Waals surface area contributed by atoms with Crippen LogP contribution < -0.4 is 10.6 Å². The largest absolute Gasteiger partial charge is 0.478 e. The van der Waals surface area contributed by atoms with Crippen LogP contribution in [0.1, 0.15) is 23.2 Å². The molecule has 19 heavy (non-hydrogen) atoms. The molecule has 3 N–H and O–H groups in total. The van der Waals surface area contributed by atoms with Crippen molar-refractivity contribution < 1.29 is 19.5 Å². The monoisotopic (exact) mass is 262 g/mol. The summed E-state index contributed by atoms with van der Waals surface area (Å²) in [5.74, 6) is -1.74. The lowest BCUT2D eigenvalue weighted by atomic mass is 9.98. The van der Waals surface area contributed by atoms with E-state index in [4.69, 9.17) is 5.11 Å². The van der Waals surface area contributed by atoms with Crippen molar-refractivity contribution in [3.05, 3.63) is 29.8 Å². The number of benzene rings is 1. The zero-order valence-electron chi connectivity index (χ0n) is 10.2. The number of para-hydroxylation sites is 1. The van der Waals surface area contributed by atoms with Gasteiger partial charge in [0.2, 0.25) is 11.8 Å². The van der Waals surface area contributed by atoms with E-state index in [1.54, 1.807) is 18.2 Å². The number of carbonyl (C=O) groups excluding carboxylic acids is 2. The molecule has 1 unspecified atom stereocenters. The van der Waals surface area contributed by atoms with Crippen LogP contribution in [0.3, 0.4) is 0 Å². The van der Waals surface area contributed by atoms with E-state index in [9.17, 15) is 14.4 Å². The summed E-state index contributed by atoms with van der Waals surface area (Å²) in [5.41, 5.74) is 0.326. The average molecular weight is 262 g/mol. The molecular weight excluding hydrogens is 248 g/mol. The van der Waals surface area contributed by atoms with Crippen LogP contribution in [0, 0.1) is 5.92 Å². The normalized spacial score (nSPS) is 18.5. The molecule has 1 atom stereocenters. The Labute approximate surface area is 109 Å². The van der Waals surface area contributed by atoms with Gasteiger partial charge in [-0.1, -0.05) is 12.1 Å². The first kappa shape index (κ1) is 13.1. The lowest BCUT2D eigenvalue weighted by Gasteiger charge is -2.21. The van der Waals surface area contributed by atoms with Crippen LogP contribution in [0.5, 0.6) is 0 Å². The summed E-state index contributed by atoms with van der Waals surface area (Å²) in [5, 5.41) is 14.2. The number of hydrogen-bond acceptors (Lipinski definition) is 3. The highest BCUT2D eigenvalue weighted by Crippen LogP contribution is 2.18. The van der Waals surface area contributed by atoms with Crippen molar-refractivity contribution in [2.45, 2.75) is 12.8 Å². The van der Waals surface area contributed by atoms with Gasteiger partial charge in [0, 0.05) is 13.0 Å². The molecule has 1 heterocycles. The molecule has 0 spiro atoms. The molecule has 1 aliphatic rings. The summed E-state index contributed by atoms with van der Waals surface area (Å²) in [4.78, 5) is 34.0. The third kappa shape index (κ3) is 3.09. The van der Waals surface area contributed by atoms with Gasteiger partial charge in [-0.3, -0.25) is 9.59 Å². The minimum Gasteiger partial charge on any atom is -0.478 e. The van der Waals surface area contributed by atoms with Gasteiger partial charge in [-0.05, 0) is 18.6 Å². The molecule has 100 valence electrons. The number of nitrogens with one attached hydrogen (secondary N) is 2. The van der Waals surface area contributed by atoms with Crippen LogP contribution in [-0.2, 0) is 9.59 Å². The summed E-state index contributed by atoms with van der Waals surface area (Å²) in [6.07, 6.45) is 0.797. The Balaban J connectivity index is 2.07. The maximum atomic E-state index is 12.0. The Morgan fingerprint density at radius 2 is 2.05 bits per heavy atom. The molecule has 0 saturated carbocycles. The van der Waals surface area contributed by atoms with E-state index < -0.39 is 5.97 Å². The Morgan fingerprint density at radius 3 is 2.68 bits per heavy atom. The highest BCUT2D eigenvalue weighted by atomic mass is 16.4. The van der Waals surface area contributed by atoms with Crippen molar-refractivity contribution in [3.8, 4) is 0 Å². The van der Waals surface area contributed by atoms with Crippen LogP contribution >= 0.6 is 0 Å². The predicted octanol–water partition coefficient (Wildman–Crippen LogP) is 0.849. The number of carboxylic acids is 1. The molecule has 0 radical (unpaired) electrons. The topological polar surface area (TPSA) is 95.5 Å². The quantitative estimate of drug-likeness (QED) is 0.752. The number of carboxylic acid groups (broad SMARTS) is 1. The molecular formula is C13H14N2O4. The number of anilines is 1. The molecule has 1 aliphatic heterocycles. The van der Waals surface area contributed by atoms with Gasteiger partial charge in [0.1, 0.15) is 0 Å². The maximum absolute atomic E-state index is 12.0. The maximum Gasteiger partial charge on any atom is 0.337 e. The Kier molecular flexibility index (Phi) is 3.79. The van der Waals surface area contributed by atoms with Crippen LogP contribution in [0.4, 0.5) is 5.69 Å². The second-order valence-corrected chi connectivity index (χ2v) is 4.38. The number of carbonyl (C=O) groups is 3. The van der Waals surface area contributed by atoms with Crippen molar-refractivity contribution in [2.24, 2.45) is 5.92 Å². The van der Waals surface area contributed by atoms with Gasteiger partial charge in [-0.2, -0.15) is 0 Å². The smallest absolute Gasteiger partial charge is 0.337 e. The molecule has 0 aromatic heterocycles. The van der Waals surface area contributed by atoms with E-state index in [-0.39, 0.29) is 29.0 Å². The zero-order valence-corrected chi connectivity index (χ0v) is 10.2. The summed E-state index contributed by atoms with van der Waals surface area (Å²) in [6, 6.07) is 6.23. The van der Waals surface area contributed by atoms with Crippen LogP contribution in [0.2, 0.25) is 0 Å². The van der Waals surface area contributed by atoms with Gasteiger partial charge in [0.05, 0.1) is 17.2 Å². The fraction of sp³-hybridized carbons (Fsp3) is 0.308. The Bertz CT molecular complexity index is 517. The van der Waals surface area contributed by atoms with E-state index >= 15 is 0 Å². The van der Waals surface area contributed by atoms with E-state index in [0.29, 0.717) is 19.4 Å². The molecule has 1 aromatic carbocycles. The molecule has 0 bridgehead atoms. The molecule has 1 saturated heterocycles. The van der Waals surface area contributed by atoms with Crippen molar-refractivity contribution in [1.82, 2.24) is 5.32 Å². The second-order valence-electron chi connectivity index (χ2n) is 4.38. The zero-order chi connectivity index (χ0) is 13.8. The van der Waals surface area contributed by atoms with Crippen LogP contribution in [-0.4, -0.2) is 29.4 Å². The lowest BCUT2D eigenvalue weighted by Crippen LogP contribution is -2.40. The van der Waals surface area contributed by atoms with Crippen molar-refractivity contribution in [3.63, 3.8) is 0 Å². The number of amides is 2. The molecule has 1 aromatic rings. The average Bonchev–Trinajstić information content (AvgIpc) is 2.39. The second kappa shape index (κ2) is 5.51. The van der Waals surface area contributed by atoms with Crippen molar-refractivity contribution in [1.29, 1.82) is 0 Å². The highest BCUT2D eigenvalue weighted by Gasteiger charge is 2.25. The van der Waals surface area contributed by atoms with Crippen LogP contribution in [0.15, 0.2) is 24.3 Å². The van der Waals surface area contributed by atoms with E-state index in [0.717, 1.165) is 0 Å². The van der Waals surface area contributed by atoms with Crippen molar-refractivity contribution >= 4 is 23.5 Å². The Hall–Kier alpha value is -2.37. The third-order valence-electron chi connectivity index (χ3n) is 3.05. The first-order valence-electron chi connectivity index (χ1n) is 5.98. The number of piperidine rings is 1. The van der Waals surface area contributed by atoms with Gasteiger partial charge < -0.3 is 15.7 Å². The first-order valence-corrected chi connectivity index (χ1v) is 5.98. The van der Waals surface area contributed by atoms with Gasteiger partial charge in [-0.25, -0.2) is 4.79 Å². The lowest BCUT2D eigenvalue weighted by molar-refractivity contribution is -0.126. The predicted molar refractivity (Wildman–Crippen MR) is 67.8 cm³/mol. The first-order chi connectivity index (χ1) is 9.08. The number of aromatic carboxylic acids is 1. The fourth-order valence-corrected chi connectivity index (χ4v) is 1.97. The number of rotatable bonds is 3. The van der Waals surface area contributed by atoms with E-state index in [2.05, 4.69) is 10.6 Å². The molecule has 6 nitrogen and oxygen atoms in total. The molecule has 2 rings (SSSR count). The summed E-state index contributed by atoms with van der Waals surface area (Å²) < 4.78 is 0. The standard InChI is InChI=1S/C13H14N2O4/c16-11-6-5-8(7-14-11)12(17)15-10-4-2-1-3-9(10)13(18)19/h1-4,8H,5-7H2,(H,14,16)(H,15,17)(H,18,19). The van der Waals surface area contributed by atoms with Crippen LogP contribution in [0.25, 0.3) is 0 Å². The highest BCUT2D eigenvalue weighted by molar-refractivity contribution is 6.01. The summed E-state index contributed by atoms with van der Waals surface area (Å²) in [6.45, 7) is 0.292. The third-order valence-corrected chi connectivity index (χ3v) is 3.05. The SMILES string of the molecule is O=C1CCC(C(=O)Nc2ccccc2C(=O)O)CN1. The molecule has 0 aliphatic carbocycles. The van der Waals surface area contributed by atoms with Crippen molar-refractivity contribution in [2.75, 3.05) is 11.9 Å². The molecule has 6 heteroatoms. The van der Waals surface area contributed by atoms with Gasteiger partial charge in [0.15, 0.2) is 0 Å². The summed E-state index contributed by atoms with van der Waals surface area (Å²) >= 11 is 0. The van der Waals surface area contributed by atoms with Gasteiger partial charge >= 0.3 is 5.97 Å². The minimum atomic E-state index is -1.09. The summed E-state index contributed by atoms with van der Waals surface area (Å²) in [7, 11) is 0. The van der Waals surface area contributed by atoms with E-state index in [1.807, 2.05) is 0 Å². The van der Waals surface area contributed by atoms with Gasteiger partial charge in [0.25, 0.3) is 0 Å². The fourth-order valence-electron chi connectivity index (χ4n) is 1.97. The Morgan fingerprint density at radius 1 is 1.32 bits per heavy atom. The molecule has 1 fully saturated rings. The number of hydrogen-bond donors (Lipinski definition) is 3.